The van der Waals surface area contributed by atoms with Crippen LogP contribution in [0.2, 0.25) is 0 Å². The molecule has 2 aliphatic heterocycles. The van der Waals surface area contributed by atoms with E-state index in [2.05, 4.69) is 45.4 Å². The minimum absolute atomic E-state index is 0.00924. The lowest BCUT2D eigenvalue weighted by Crippen LogP contribution is -2.61. The molecular weight excluding hydrogens is 401 g/mol. The van der Waals surface area contributed by atoms with Gasteiger partial charge < -0.3 is 15.1 Å². The van der Waals surface area contributed by atoms with Crippen molar-refractivity contribution in [2.75, 3.05) is 36.0 Å². The molecule has 5 heteroatoms. The minimum Gasteiger partial charge on any atom is -0.365 e. The van der Waals surface area contributed by atoms with Crippen molar-refractivity contribution in [1.82, 2.24) is 5.32 Å². The summed E-state index contributed by atoms with van der Waals surface area (Å²) in [5.41, 5.74) is 4.26. The first-order valence-corrected chi connectivity index (χ1v) is 11.4. The SMILES string of the molecule is O=C(NCCc1ccccc1)C1Cc2ccccc2N2CCN(c3ccccc3F)CC12. The summed E-state index contributed by atoms with van der Waals surface area (Å²) in [4.78, 5) is 17.8. The number of carbonyl (C=O) groups is 1. The zero-order valence-corrected chi connectivity index (χ0v) is 18.1. The fraction of sp³-hybridized carbons (Fsp3) is 0.296. The molecule has 1 N–H and O–H groups in total. The molecule has 0 aliphatic carbocycles. The lowest BCUT2D eigenvalue weighted by atomic mass is 9.83. The molecule has 2 aliphatic rings. The maximum Gasteiger partial charge on any atom is 0.225 e. The molecule has 0 aromatic heterocycles. The van der Waals surface area contributed by atoms with Crippen LogP contribution in [-0.4, -0.2) is 38.1 Å². The first-order chi connectivity index (χ1) is 15.7. The van der Waals surface area contributed by atoms with Gasteiger partial charge in [-0.25, -0.2) is 4.39 Å². The molecular formula is C27H28FN3O. The van der Waals surface area contributed by atoms with Crippen molar-refractivity contribution in [2.45, 2.75) is 18.9 Å². The molecule has 4 nitrogen and oxygen atoms in total. The van der Waals surface area contributed by atoms with Crippen LogP contribution in [0.25, 0.3) is 0 Å². The lowest BCUT2D eigenvalue weighted by molar-refractivity contribution is -0.125. The molecule has 0 bridgehead atoms. The highest BCUT2D eigenvalue weighted by atomic mass is 19.1. The van der Waals surface area contributed by atoms with E-state index >= 15 is 0 Å². The van der Waals surface area contributed by atoms with E-state index in [1.807, 2.05) is 36.4 Å². The van der Waals surface area contributed by atoms with Gasteiger partial charge >= 0.3 is 0 Å². The highest BCUT2D eigenvalue weighted by Gasteiger charge is 2.41. The largest absolute Gasteiger partial charge is 0.365 e. The molecule has 1 amide bonds. The van der Waals surface area contributed by atoms with E-state index in [9.17, 15) is 9.18 Å². The van der Waals surface area contributed by atoms with Crippen LogP contribution < -0.4 is 15.1 Å². The average molecular weight is 430 g/mol. The van der Waals surface area contributed by atoms with E-state index < -0.39 is 0 Å². The number of para-hydroxylation sites is 2. The van der Waals surface area contributed by atoms with Crippen LogP contribution in [0.1, 0.15) is 11.1 Å². The molecule has 1 saturated heterocycles. The fourth-order valence-corrected chi connectivity index (χ4v) is 5.09. The van der Waals surface area contributed by atoms with Gasteiger partial charge in [0.2, 0.25) is 5.91 Å². The maximum atomic E-state index is 14.5. The van der Waals surface area contributed by atoms with Crippen molar-refractivity contribution in [3.63, 3.8) is 0 Å². The van der Waals surface area contributed by atoms with Crippen LogP contribution in [0.3, 0.4) is 0 Å². The number of nitrogens with one attached hydrogen (secondary N) is 1. The number of hydrogen-bond acceptors (Lipinski definition) is 3. The summed E-state index contributed by atoms with van der Waals surface area (Å²) in [6, 6.07) is 25.5. The predicted octanol–water partition coefficient (Wildman–Crippen LogP) is 4.05. The monoisotopic (exact) mass is 429 g/mol. The smallest absolute Gasteiger partial charge is 0.225 e. The summed E-state index contributed by atoms with van der Waals surface area (Å²) in [5, 5.41) is 3.17. The normalized spacial score (nSPS) is 19.8. The second-order valence-electron chi connectivity index (χ2n) is 8.62. The van der Waals surface area contributed by atoms with Crippen molar-refractivity contribution in [3.05, 3.63) is 95.8 Å². The first kappa shape index (κ1) is 20.6. The van der Waals surface area contributed by atoms with Gasteiger partial charge in [-0.15, -0.1) is 0 Å². The van der Waals surface area contributed by atoms with Crippen LogP contribution in [0.15, 0.2) is 78.9 Å². The van der Waals surface area contributed by atoms with Crippen molar-refractivity contribution in [1.29, 1.82) is 0 Å². The lowest BCUT2D eigenvalue weighted by Gasteiger charge is -2.49. The van der Waals surface area contributed by atoms with E-state index in [0.717, 1.165) is 19.5 Å². The Morgan fingerprint density at radius 3 is 2.44 bits per heavy atom. The number of amides is 1. The zero-order chi connectivity index (χ0) is 21.9. The summed E-state index contributed by atoms with van der Waals surface area (Å²) in [5.74, 6) is -0.294. The number of nitrogens with zero attached hydrogens (tertiary/aromatic N) is 2. The first-order valence-electron chi connectivity index (χ1n) is 11.4. The molecule has 32 heavy (non-hydrogen) atoms. The number of piperazine rings is 1. The highest BCUT2D eigenvalue weighted by Crippen LogP contribution is 2.37. The van der Waals surface area contributed by atoms with Gasteiger partial charge in [0.05, 0.1) is 17.6 Å². The van der Waals surface area contributed by atoms with Gasteiger partial charge in [-0.3, -0.25) is 4.79 Å². The molecule has 2 unspecified atom stereocenters. The third kappa shape index (κ3) is 4.07. The summed E-state index contributed by atoms with van der Waals surface area (Å²) in [7, 11) is 0. The molecule has 0 spiro atoms. The van der Waals surface area contributed by atoms with E-state index in [1.54, 1.807) is 6.07 Å². The van der Waals surface area contributed by atoms with Gasteiger partial charge in [0.1, 0.15) is 5.82 Å². The van der Waals surface area contributed by atoms with Crippen LogP contribution in [-0.2, 0) is 17.6 Å². The van der Waals surface area contributed by atoms with Crippen molar-refractivity contribution >= 4 is 17.3 Å². The molecule has 0 saturated carbocycles. The fourth-order valence-electron chi connectivity index (χ4n) is 5.09. The molecule has 0 radical (unpaired) electrons. The van der Waals surface area contributed by atoms with Gasteiger partial charge in [-0.1, -0.05) is 60.7 Å². The number of benzene rings is 3. The van der Waals surface area contributed by atoms with Crippen molar-refractivity contribution in [2.24, 2.45) is 5.92 Å². The van der Waals surface area contributed by atoms with Crippen LogP contribution in [0.5, 0.6) is 0 Å². The van der Waals surface area contributed by atoms with Crippen LogP contribution in [0.4, 0.5) is 15.8 Å². The summed E-state index contributed by atoms with van der Waals surface area (Å²) in [6.45, 7) is 2.74. The Bertz CT molecular complexity index is 1090. The molecule has 164 valence electrons. The predicted molar refractivity (Wildman–Crippen MR) is 127 cm³/mol. The van der Waals surface area contributed by atoms with E-state index in [1.165, 1.54) is 22.9 Å². The third-order valence-electron chi connectivity index (χ3n) is 6.71. The number of rotatable bonds is 5. The Kier molecular flexibility index (Phi) is 5.80. The van der Waals surface area contributed by atoms with E-state index in [-0.39, 0.29) is 23.7 Å². The van der Waals surface area contributed by atoms with Gasteiger partial charge in [-0.2, -0.15) is 0 Å². The number of halogens is 1. The van der Waals surface area contributed by atoms with Gasteiger partial charge in [-0.05, 0) is 42.2 Å². The van der Waals surface area contributed by atoms with Gasteiger partial charge in [0, 0.05) is 31.9 Å². The Labute approximate surface area is 188 Å². The summed E-state index contributed by atoms with van der Waals surface area (Å²) < 4.78 is 14.5. The maximum absolute atomic E-state index is 14.5. The topological polar surface area (TPSA) is 35.6 Å². The standard InChI is InChI=1S/C27H28FN3O/c28-23-11-5-7-13-25(23)30-16-17-31-24-12-6-4-10-21(24)18-22(26(31)19-30)27(32)29-15-14-20-8-2-1-3-9-20/h1-13,22,26H,14-19H2,(H,29,32). The average Bonchev–Trinajstić information content (AvgIpc) is 2.84. The van der Waals surface area contributed by atoms with Crippen molar-refractivity contribution in [3.8, 4) is 0 Å². The summed E-state index contributed by atoms with van der Waals surface area (Å²) >= 11 is 0. The third-order valence-corrected chi connectivity index (χ3v) is 6.71. The molecule has 2 atom stereocenters. The van der Waals surface area contributed by atoms with Crippen LogP contribution in [0, 0.1) is 11.7 Å². The second kappa shape index (κ2) is 9.03. The molecule has 5 rings (SSSR count). The van der Waals surface area contributed by atoms with Gasteiger partial charge in [0.15, 0.2) is 0 Å². The Balaban J connectivity index is 1.35. The number of fused-ring (bicyclic) bond motifs is 3. The molecule has 3 aromatic rings. The Morgan fingerprint density at radius 1 is 0.906 bits per heavy atom. The zero-order valence-electron chi connectivity index (χ0n) is 18.1. The van der Waals surface area contributed by atoms with E-state index in [0.29, 0.717) is 25.2 Å². The second-order valence-corrected chi connectivity index (χ2v) is 8.62. The number of anilines is 2. The molecule has 1 fully saturated rings. The molecule has 2 heterocycles. The number of carbonyl (C=O) groups excluding carboxylic acids is 1. The highest BCUT2D eigenvalue weighted by molar-refractivity contribution is 5.82. The van der Waals surface area contributed by atoms with Crippen molar-refractivity contribution < 1.29 is 9.18 Å². The Morgan fingerprint density at radius 2 is 1.62 bits per heavy atom. The molecule has 3 aromatic carbocycles. The van der Waals surface area contributed by atoms with E-state index in [4.69, 9.17) is 0 Å². The number of hydrogen-bond donors (Lipinski definition) is 1. The summed E-state index contributed by atoms with van der Waals surface area (Å²) in [6.07, 6.45) is 1.52. The Hall–Kier alpha value is -3.34. The minimum atomic E-state index is -0.207. The quantitative estimate of drug-likeness (QED) is 0.665. The van der Waals surface area contributed by atoms with Crippen LogP contribution >= 0.6 is 0 Å². The van der Waals surface area contributed by atoms with Gasteiger partial charge in [0.25, 0.3) is 0 Å².